The number of carbonyl (C=O) groups excluding carboxylic acids is 2. The molecule has 130 valence electrons. The number of hydrogen-bond donors (Lipinski definition) is 0. The van der Waals surface area contributed by atoms with E-state index in [0.29, 0.717) is 16.3 Å². The molecular weight excluding hydrogens is 338 g/mol. The average molecular weight is 356 g/mol. The number of cyclic esters (lactones) is 1. The van der Waals surface area contributed by atoms with Crippen LogP contribution in [-0.2, 0) is 19.7 Å². The molecule has 0 N–H and O–H groups in total. The van der Waals surface area contributed by atoms with Crippen molar-refractivity contribution in [3.05, 3.63) is 28.8 Å². The van der Waals surface area contributed by atoms with Crippen molar-refractivity contribution in [3.8, 4) is 5.75 Å². The van der Waals surface area contributed by atoms with Crippen LogP contribution >= 0.6 is 11.6 Å². The van der Waals surface area contributed by atoms with E-state index in [1.54, 1.807) is 39.0 Å². The maximum absolute atomic E-state index is 12.6. The molecule has 2 aliphatic heterocycles. The van der Waals surface area contributed by atoms with Gasteiger partial charge in [0.1, 0.15) is 18.0 Å². The first kappa shape index (κ1) is 16.9. The Balaban J connectivity index is 2.09. The van der Waals surface area contributed by atoms with Crippen molar-refractivity contribution in [1.29, 1.82) is 0 Å². The van der Waals surface area contributed by atoms with Gasteiger partial charge in [-0.1, -0.05) is 17.7 Å². The normalized spacial score (nSPS) is 25.5. The summed E-state index contributed by atoms with van der Waals surface area (Å²) in [5.74, 6) is 0.432. The van der Waals surface area contributed by atoms with E-state index in [4.69, 9.17) is 30.5 Å². The number of amides is 2. The molecule has 0 bridgehead atoms. The Morgan fingerprint density at radius 3 is 2.75 bits per heavy atom. The van der Waals surface area contributed by atoms with Crippen molar-refractivity contribution in [3.63, 3.8) is 0 Å². The summed E-state index contributed by atoms with van der Waals surface area (Å²) < 4.78 is 21.6. The highest BCUT2D eigenvalue weighted by atomic mass is 35.5. The second kappa shape index (κ2) is 5.53. The van der Waals surface area contributed by atoms with Crippen molar-refractivity contribution < 1.29 is 28.5 Å². The molecule has 2 aliphatic rings. The Hall–Kier alpha value is -1.99. The van der Waals surface area contributed by atoms with E-state index < -0.39 is 29.6 Å². The SMILES string of the molecule is COC1Oc2cc(Cl)ccc2C12COC(=O)N2C(=O)OC(C)(C)C. The molecule has 0 saturated carbocycles. The summed E-state index contributed by atoms with van der Waals surface area (Å²) in [6, 6.07) is 4.95. The fourth-order valence-electron chi connectivity index (χ4n) is 2.91. The quantitative estimate of drug-likeness (QED) is 0.769. The predicted octanol–water partition coefficient (Wildman–Crippen LogP) is 3.29. The van der Waals surface area contributed by atoms with Crippen molar-refractivity contribution in [2.24, 2.45) is 0 Å². The number of carbonyl (C=O) groups is 2. The van der Waals surface area contributed by atoms with Gasteiger partial charge in [-0.2, -0.15) is 4.90 Å². The van der Waals surface area contributed by atoms with Crippen molar-refractivity contribution in [2.45, 2.75) is 38.2 Å². The van der Waals surface area contributed by atoms with Gasteiger partial charge in [-0.05, 0) is 32.9 Å². The number of benzene rings is 1. The Morgan fingerprint density at radius 1 is 1.42 bits per heavy atom. The van der Waals surface area contributed by atoms with E-state index in [0.717, 1.165) is 4.90 Å². The second-order valence-electron chi connectivity index (χ2n) is 6.62. The van der Waals surface area contributed by atoms with Gasteiger partial charge in [-0.15, -0.1) is 0 Å². The van der Waals surface area contributed by atoms with Crippen LogP contribution in [0.15, 0.2) is 18.2 Å². The minimum atomic E-state index is -1.26. The minimum Gasteiger partial charge on any atom is -0.461 e. The van der Waals surface area contributed by atoms with Gasteiger partial charge < -0.3 is 18.9 Å². The Morgan fingerprint density at radius 2 is 2.12 bits per heavy atom. The van der Waals surface area contributed by atoms with Crippen molar-refractivity contribution in [1.82, 2.24) is 4.90 Å². The lowest BCUT2D eigenvalue weighted by molar-refractivity contribution is -0.120. The monoisotopic (exact) mass is 355 g/mol. The Kier molecular flexibility index (Phi) is 3.88. The third kappa shape index (κ3) is 2.48. The van der Waals surface area contributed by atoms with Gasteiger partial charge in [0.15, 0.2) is 5.54 Å². The van der Waals surface area contributed by atoms with Gasteiger partial charge in [0.05, 0.1) is 0 Å². The van der Waals surface area contributed by atoms with Crippen LogP contribution in [0, 0.1) is 0 Å². The van der Waals surface area contributed by atoms with Crippen molar-refractivity contribution >= 4 is 23.8 Å². The summed E-state index contributed by atoms with van der Waals surface area (Å²) in [6.07, 6.45) is -2.55. The van der Waals surface area contributed by atoms with E-state index in [9.17, 15) is 9.59 Å². The maximum atomic E-state index is 12.6. The third-order valence-corrected chi connectivity index (χ3v) is 4.06. The summed E-state index contributed by atoms with van der Waals surface area (Å²) in [5.41, 5.74) is -1.45. The number of methoxy groups -OCH3 is 1. The van der Waals surface area contributed by atoms with Crippen LogP contribution in [0.1, 0.15) is 26.3 Å². The molecule has 3 rings (SSSR count). The highest BCUT2D eigenvalue weighted by Crippen LogP contribution is 2.50. The first-order chi connectivity index (χ1) is 11.2. The summed E-state index contributed by atoms with van der Waals surface area (Å²) in [7, 11) is 1.43. The van der Waals surface area contributed by atoms with E-state index in [1.807, 2.05) is 0 Å². The average Bonchev–Trinajstić information content (AvgIpc) is 2.96. The van der Waals surface area contributed by atoms with Gasteiger partial charge in [-0.25, -0.2) is 9.59 Å². The Labute approximate surface area is 144 Å². The standard InChI is InChI=1S/C16H18ClNO6/c1-15(2,3)24-14(20)18-13(19)22-8-16(18)10-6-5-9(17)7-11(10)23-12(16)21-4/h5-7,12H,8H2,1-4H3. The second-order valence-corrected chi connectivity index (χ2v) is 7.06. The number of imide groups is 1. The summed E-state index contributed by atoms with van der Waals surface area (Å²) in [6.45, 7) is 5.04. The molecule has 1 aromatic carbocycles. The molecule has 2 atom stereocenters. The molecule has 1 spiro atoms. The first-order valence-corrected chi connectivity index (χ1v) is 7.76. The molecule has 0 radical (unpaired) electrons. The molecule has 2 heterocycles. The van der Waals surface area contributed by atoms with Crippen LogP contribution < -0.4 is 4.74 Å². The molecular formula is C16H18ClNO6. The fourth-order valence-corrected chi connectivity index (χ4v) is 3.08. The van der Waals surface area contributed by atoms with Crippen LogP contribution in [0.2, 0.25) is 5.02 Å². The summed E-state index contributed by atoms with van der Waals surface area (Å²) in [4.78, 5) is 25.8. The van der Waals surface area contributed by atoms with Gasteiger partial charge in [-0.3, -0.25) is 0 Å². The highest BCUT2D eigenvalue weighted by Gasteiger charge is 2.64. The number of rotatable bonds is 1. The first-order valence-electron chi connectivity index (χ1n) is 7.38. The number of ether oxygens (including phenoxy) is 4. The summed E-state index contributed by atoms with van der Waals surface area (Å²) >= 11 is 6.00. The zero-order chi connectivity index (χ0) is 17.7. The molecule has 1 aromatic rings. The van der Waals surface area contributed by atoms with Crippen LogP contribution in [0.5, 0.6) is 5.75 Å². The van der Waals surface area contributed by atoms with Gasteiger partial charge in [0.2, 0.25) is 6.29 Å². The van der Waals surface area contributed by atoms with Crippen LogP contribution in [-0.4, -0.2) is 42.7 Å². The van der Waals surface area contributed by atoms with E-state index in [-0.39, 0.29) is 6.61 Å². The van der Waals surface area contributed by atoms with Gasteiger partial charge in [0.25, 0.3) is 0 Å². The van der Waals surface area contributed by atoms with E-state index in [2.05, 4.69) is 0 Å². The van der Waals surface area contributed by atoms with Crippen molar-refractivity contribution in [2.75, 3.05) is 13.7 Å². The van der Waals surface area contributed by atoms with Crippen LogP contribution in [0.25, 0.3) is 0 Å². The van der Waals surface area contributed by atoms with E-state index >= 15 is 0 Å². The number of nitrogens with zero attached hydrogens (tertiary/aromatic N) is 1. The topological polar surface area (TPSA) is 74.3 Å². The molecule has 0 aromatic heterocycles. The number of hydrogen-bond acceptors (Lipinski definition) is 6. The molecule has 7 nitrogen and oxygen atoms in total. The maximum Gasteiger partial charge on any atom is 0.420 e. The van der Waals surface area contributed by atoms with Crippen LogP contribution in [0.3, 0.4) is 0 Å². The molecule has 1 fully saturated rings. The van der Waals surface area contributed by atoms with Crippen LogP contribution in [0.4, 0.5) is 9.59 Å². The molecule has 8 heteroatoms. The Bertz CT molecular complexity index is 700. The minimum absolute atomic E-state index is 0.0990. The smallest absolute Gasteiger partial charge is 0.420 e. The molecule has 2 unspecified atom stereocenters. The molecule has 1 saturated heterocycles. The molecule has 0 aliphatic carbocycles. The zero-order valence-corrected chi connectivity index (χ0v) is 14.5. The molecule has 2 amide bonds. The number of fused-ring (bicyclic) bond motifs is 2. The number of halogens is 1. The highest BCUT2D eigenvalue weighted by molar-refractivity contribution is 6.30. The lowest BCUT2D eigenvalue weighted by Gasteiger charge is -2.34. The zero-order valence-electron chi connectivity index (χ0n) is 13.8. The lowest BCUT2D eigenvalue weighted by atomic mass is 9.90. The predicted molar refractivity (Wildman–Crippen MR) is 84.0 cm³/mol. The third-order valence-electron chi connectivity index (χ3n) is 3.82. The fraction of sp³-hybridized carbons (Fsp3) is 0.500. The lowest BCUT2D eigenvalue weighted by Crippen LogP contribution is -2.55. The van der Waals surface area contributed by atoms with Gasteiger partial charge >= 0.3 is 12.2 Å². The van der Waals surface area contributed by atoms with E-state index in [1.165, 1.54) is 7.11 Å². The summed E-state index contributed by atoms with van der Waals surface area (Å²) in [5, 5.41) is 0.467. The molecule has 24 heavy (non-hydrogen) atoms. The van der Waals surface area contributed by atoms with Gasteiger partial charge in [0, 0.05) is 17.7 Å². The largest absolute Gasteiger partial charge is 0.461 e.